The average molecular weight is 519 g/mol. The second-order valence-corrected chi connectivity index (χ2v) is 11.9. The zero-order chi connectivity index (χ0) is 25.5. The fourth-order valence-corrected chi connectivity index (χ4v) is 8.00. The van der Waals surface area contributed by atoms with E-state index in [0.29, 0.717) is 0 Å². The Kier molecular flexibility index (Phi) is 4.47. The van der Waals surface area contributed by atoms with Crippen LogP contribution in [0.3, 0.4) is 0 Å². The van der Waals surface area contributed by atoms with E-state index in [9.17, 15) is 0 Å². The number of thiophene rings is 1. The molecular formula is C36H26N2S. The fourth-order valence-electron chi connectivity index (χ4n) is 6.91. The lowest BCUT2D eigenvalue weighted by molar-refractivity contribution is 0.889. The number of allylic oxidation sites excluding steroid dienone is 5. The van der Waals surface area contributed by atoms with Crippen LogP contribution in [0.15, 0.2) is 103 Å². The highest BCUT2D eigenvalue weighted by molar-refractivity contribution is 7.25. The van der Waals surface area contributed by atoms with Crippen molar-refractivity contribution in [2.45, 2.75) is 25.7 Å². The first-order chi connectivity index (χ1) is 19.3. The monoisotopic (exact) mass is 518 g/mol. The molecule has 0 aliphatic heterocycles. The Morgan fingerprint density at radius 3 is 2.33 bits per heavy atom. The van der Waals surface area contributed by atoms with Gasteiger partial charge in [-0.2, -0.15) is 0 Å². The van der Waals surface area contributed by atoms with E-state index in [1.54, 1.807) is 0 Å². The zero-order valence-electron chi connectivity index (χ0n) is 21.5. The van der Waals surface area contributed by atoms with Crippen molar-refractivity contribution in [3.05, 3.63) is 114 Å². The van der Waals surface area contributed by atoms with Crippen LogP contribution < -0.4 is 0 Å². The van der Waals surface area contributed by atoms with Gasteiger partial charge >= 0.3 is 0 Å². The number of rotatable bonds is 2. The summed E-state index contributed by atoms with van der Waals surface area (Å²) in [5.74, 6) is 0. The fraction of sp³-hybridized carbons (Fsp3) is 0.111. The van der Waals surface area contributed by atoms with Crippen molar-refractivity contribution < 1.29 is 0 Å². The number of para-hydroxylation sites is 1. The minimum atomic E-state index is 1.06. The minimum absolute atomic E-state index is 1.06. The van der Waals surface area contributed by atoms with Crippen LogP contribution in [-0.4, -0.2) is 9.13 Å². The molecule has 0 saturated heterocycles. The molecule has 2 aliphatic carbocycles. The van der Waals surface area contributed by atoms with Crippen LogP contribution in [0.5, 0.6) is 0 Å². The molecule has 3 aromatic heterocycles. The second kappa shape index (κ2) is 8.08. The van der Waals surface area contributed by atoms with Crippen molar-refractivity contribution in [2.24, 2.45) is 0 Å². The number of fused-ring (bicyclic) bond motifs is 9. The molecule has 2 nitrogen and oxygen atoms in total. The molecule has 3 heterocycles. The lowest BCUT2D eigenvalue weighted by Crippen LogP contribution is -2.03. The smallest absolute Gasteiger partial charge is 0.0559 e. The Hall–Kier alpha value is -4.34. The van der Waals surface area contributed by atoms with Gasteiger partial charge in [0.05, 0.1) is 16.6 Å². The third kappa shape index (κ3) is 3.02. The Morgan fingerprint density at radius 1 is 0.590 bits per heavy atom. The number of benzene rings is 4. The van der Waals surface area contributed by atoms with E-state index in [2.05, 4.69) is 118 Å². The van der Waals surface area contributed by atoms with Gasteiger partial charge < -0.3 is 9.13 Å². The molecule has 2 aliphatic rings. The summed E-state index contributed by atoms with van der Waals surface area (Å²) < 4.78 is 7.77. The maximum absolute atomic E-state index is 2.55. The SMILES string of the molecule is C1=CCCC(n2c3ccccc3c3cc4c5c(n(-c6ccc7sc8ccccc8c7c6)c4cc32)CCC=C5)=C1. The van der Waals surface area contributed by atoms with Gasteiger partial charge in [0.25, 0.3) is 0 Å². The third-order valence-electron chi connectivity index (χ3n) is 8.63. The summed E-state index contributed by atoms with van der Waals surface area (Å²) in [7, 11) is 0. The van der Waals surface area contributed by atoms with Crippen molar-refractivity contribution in [3.63, 3.8) is 0 Å². The standard InChI is InChI=1S/C36H26N2S/c1-2-10-23(11-3-1)37-31-15-7-4-12-25(31)28-21-29-26-13-5-8-16-32(26)38(34(29)22-33(28)37)24-18-19-36-30(20-24)27-14-6-9-17-35(27)39-36/h1-2,4-7,9-10,12-15,17-22H,3,8,11,16H2. The first-order valence-corrected chi connectivity index (χ1v) is 14.7. The van der Waals surface area contributed by atoms with Gasteiger partial charge in [-0.3, -0.25) is 0 Å². The topological polar surface area (TPSA) is 9.86 Å². The van der Waals surface area contributed by atoms with Crippen molar-refractivity contribution >= 4 is 76.0 Å². The predicted molar refractivity (Wildman–Crippen MR) is 169 cm³/mol. The average Bonchev–Trinajstić information content (AvgIpc) is 3.63. The molecule has 39 heavy (non-hydrogen) atoms. The van der Waals surface area contributed by atoms with Crippen LogP contribution in [0.25, 0.3) is 70.3 Å². The third-order valence-corrected chi connectivity index (χ3v) is 9.78. The lowest BCUT2D eigenvalue weighted by atomic mass is 10.0. The maximum Gasteiger partial charge on any atom is 0.0559 e. The summed E-state index contributed by atoms with van der Waals surface area (Å²) in [4.78, 5) is 0. The van der Waals surface area contributed by atoms with Gasteiger partial charge in [0.1, 0.15) is 0 Å². The van der Waals surface area contributed by atoms with E-state index in [0.717, 1.165) is 25.7 Å². The van der Waals surface area contributed by atoms with Crippen LogP contribution in [-0.2, 0) is 6.42 Å². The van der Waals surface area contributed by atoms with Crippen molar-refractivity contribution in [2.75, 3.05) is 0 Å². The zero-order valence-corrected chi connectivity index (χ0v) is 22.3. The molecular weight excluding hydrogens is 492 g/mol. The molecule has 0 spiro atoms. The summed E-state index contributed by atoms with van der Waals surface area (Å²) in [5.41, 5.74) is 9.33. The summed E-state index contributed by atoms with van der Waals surface area (Å²) in [5, 5.41) is 6.72. The van der Waals surface area contributed by atoms with Gasteiger partial charge in [0.15, 0.2) is 0 Å². The van der Waals surface area contributed by atoms with E-state index in [1.165, 1.54) is 75.5 Å². The van der Waals surface area contributed by atoms with Crippen LogP contribution in [0, 0.1) is 0 Å². The molecule has 0 atom stereocenters. The molecule has 4 aromatic carbocycles. The van der Waals surface area contributed by atoms with E-state index >= 15 is 0 Å². The van der Waals surface area contributed by atoms with Crippen LogP contribution >= 0.6 is 11.3 Å². The molecule has 0 amide bonds. The predicted octanol–water partition coefficient (Wildman–Crippen LogP) is 10.3. The number of nitrogens with zero attached hydrogens (tertiary/aromatic N) is 2. The Balaban J connectivity index is 1.40. The minimum Gasteiger partial charge on any atom is -0.313 e. The van der Waals surface area contributed by atoms with Crippen molar-refractivity contribution in [3.8, 4) is 5.69 Å². The van der Waals surface area contributed by atoms with E-state index in [1.807, 2.05) is 11.3 Å². The molecule has 7 aromatic rings. The Bertz CT molecular complexity index is 2230. The second-order valence-electron chi connectivity index (χ2n) is 10.8. The number of hydrogen-bond donors (Lipinski definition) is 0. The summed E-state index contributed by atoms with van der Waals surface area (Å²) >= 11 is 1.89. The molecule has 0 fully saturated rings. The lowest BCUT2D eigenvalue weighted by Gasteiger charge is -2.15. The van der Waals surface area contributed by atoms with Crippen LogP contribution in [0.4, 0.5) is 0 Å². The molecule has 9 rings (SSSR count). The van der Waals surface area contributed by atoms with Crippen molar-refractivity contribution in [1.82, 2.24) is 9.13 Å². The van der Waals surface area contributed by atoms with E-state index in [4.69, 9.17) is 0 Å². The van der Waals surface area contributed by atoms with Gasteiger partial charge in [0, 0.05) is 59.0 Å². The van der Waals surface area contributed by atoms with Crippen LogP contribution in [0.1, 0.15) is 30.5 Å². The Morgan fingerprint density at radius 2 is 1.41 bits per heavy atom. The van der Waals surface area contributed by atoms with E-state index < -0.39 is 0 Å². The van der Waals surface area contributed by atoms with Gasteiger partial charge in [-0.1, -0.05) is 60.7 Å². The largest absolute Gasteiger partial charge is 0.313 e. The Labute approximate surface area is 230 Å². The highest BCUT2D eigenvalue weighted by Gasteiger charge is 2.22. The van der Waals surface area contributed by atoms with Gasteiger partial charge in [0.2, 0.25) is 0 Å². The first-order valence-electron chi connectivity index (χ1n) is 13.9. The quantitative estimate of drug-likeness (QED) is 0.215. The van der Waals surface area contributed by atoms with Crippen LogP contribution in [0.2, 0.25) is 0 Å². The molecule has 0 unspecified atom stereocenters. The summed E-state index contributed by atoms with van der Waals surface area (Å²) in [6.45, 7) is 0. The number of aromatic nitrogens is 2. The first kappa shape index (κ1) is 21.6. The van der Waals surface area contributed by atoms with Crippen molar-refractivity contribution in [1.29, 1.82) is 0 Å². The molecule has 0 bridgehead atoms. The van der Waals surface area contributed by atoms with Gasteiger partial charge in [-0.15, -0.1) is 11.3 Å². The van der Waals surface area contributed by atoms with Gasteiger partial charge in [-0.25, -0.2) is 0 Å². The molecule has 0 N–H and O–H groups in total. The normalized spacial score (nSPS) is 15.2. The highest BCUT2D eigenvalue weighted by atomic mass is 32.1. The maximum atomic E-state index is 2.55. The summed E-state index contributed by atoms with van der Waals surface area (Å²) in [6, 6.07) is 29.7. The molecule has 0 saturated carbocycles. The molecule has 0 radical (unpaired) electrons. The highest BCUT2D eigenvalue weighted by Crippen LogP contribution is 2.42. The van der Waals surface area contributed by atoms with E-state index in [-0.39, 0.29) is 0 Å². The summed E-state index contributed by atoms with van der Waals surface area (Å²) in [6.07, 6.45) is 15.8. The van der Waals surface area contributed by atoms with Gasteiger partial charge in [-0.05, 0) is 74.2 Å². The molecule has 3 heteroatoms. The molecule has 186 valence electrons. The number of hydrogen-bond acceptors (Lipinski definition) is 1.